The summed E-state index contributed by atoms with van der Waals surface area (Å²) >= 11 is 0. The molecule has 0 aromatic carbocycles. The number of nitrogens with zero attached hydrogens (tertiary/aromatic N) is 1. The molecule has 2 heteroatoms. The molecule has 0 amide bonds. The van der Waals surface area contributed by atoms with E-state index >= 15 is 0 Å². The van der Waals surface area contributed by atoms with Crippen LogP contribution in [-0.4, -0.2) is 11.9 Å². The summed E-state index contributed by atoms with van der Waals surface area (Å²) in [4.78, 5) is 4.19. The molecule has 62 valence electrons. The molecule has 0 aliphatic carbocycles. The third kappa shape index (κ3) is 3.47. The number of rotatable bonds is 4. The van der Waals surface area contributed by atoms with Crippen molar-refractivity contribution in [3.63, 3.8) is 0 Å². The van der Waals surface area contributed by atoms with Crippen LogP contribution in [0.4, 0.5) is 0 Å². The Morgan fingerprint density at radius 1 is 1.58 bits per heavy atom. The van der Waals surface area contributed by atoms with Gasteiger partial charge >= 0.3 is 74.1 Å². The van der Waals surface area contributed by atoms with E-state index in [1.807, 2.05) is 25.1 Å². The Hall–Kier alpha value is -0.915. The van der Waals surface area contributed by atoms with Crippen molar-refractivity contribution in [2.24, 2.45) is 0 Å². The summed E-state index contributed by atoms with van der Waals surface area (Å²) in [6, 6.07) is 4.02. The van der Waals surface area contributed by atoms with Crippen molar-refractivity contribution < 1.29 is 0 Å². The van der Waals surface area contributed by atoms with E-state index in [0.29, 0.717) is 0 Å². The first-order valence-electron chi connectivity index (χ1n) is 4.51. The van der Waals surface area contributed by atoms with Crippen LogP contribution in [-0.2, 0) is 0 Å². The number of aromatic nitrogens is 1. The van der Waals surface area contributed by atoms with E-state index in [9.17, 15) is 0 Å². The second-order valence-electron chi connectivity index (χ2n) is 2.80. The van der Waals surface area contributed by atoms with Crippen LogP contribution in [0.25, 0.3) is 6.08 Å². The first-order chi connectivity index (χ1) is 5.93. The molecule has 1 nitrogen and oxygen atoms in total. The molecule has 0 bridgehead atoms. The summed E-state index contributed by atoms with van der Waals surface area (Å²) < 4.78 is 0. The van der Waals surface area contributed by atoms with Crippen molar-refractivity contribution in [3.8, 4) is 0 Å². The van der Waals surface area contributed by atoms with Crippen LogP contribution in [0, 0.1) is 0 Å². The molecular formula is C10H14BN. The second kappa shape index (κ2) is 5.70. The molecule has 1 rings (SSSR count). The zero-order chi connectivity index (χ0) is 8.65. The average Bonchev–Trinajstić information content (AvgIpc) is 2.14. The van der Waals surface area contributed by atoms with Gasteiger partial charge < -0.3 is 0 Å². The fraction of sp³-hybridized carbons (Fsp3) is 0.400. The Morgan fingerprint density at radius 2 is 2.50 bits per heavy atom. The molecule has 0 radical (unpaired) electrons. The molecule has 1 aromatic heterocycles. The summed E-state index contributed by atoms with van der Waals surface area (Å²) in [6.45, 7) is 2.20. The Morgan fingerprint density at radius 3 is 3.17 bits per heavy atom. The maximum absolute atomic E-state index is 4.19. The molecule has 0 fully saturated rings. The molecule has 0 saturated carbocycles. The van der Waals surface area contributed by atoms with Crippen molar-refractivity contribution in [3.05, 3.63) is 29.9 Å². The van der Waals surface area contributed by atoms with Gasteiger partial charge in [-0.05, 0) is 0 Å². The zero-order valence-electron chi connectivity index (χ0n) is 7.53. The van der Waals surface area contributed by atoms with Gasteiger partial charge in [0.05, 0.1) is 0 Å². The predicted molar refractivity (Wildman–Crippen MR) is 54.1 cm³/mol. The maximum atomic E-state index is 4.19. The molecule has 0 atom stereocenters. The average molecular weight is 159 g/mol. The van der Waals surface area contributed by atoms with Gasteiger partial charge in [-0.2, -0.15) is 0 Å². The first-order valence-corrected chi connectivity index (χ1v) is 4.51. The second-order valence-corrected chi connectivity index (χ2v) is 2.80. The van der Waals surface area contributed by atoms with Crippen molar-refractivity contribution in [1.82, 2.24) is 4.89 Å². The number of hydrogen-bond donors (Lipinski definition) is 0. The van der Waals surface area contributed by atoms with E-state index in [1.165, 1.54) is 12.8 Å². The van der Waals surface area contributed by atoms with Crippen LogP contribution in [0.2, 0.25) is 0 Å². The summed E-state index contributed by atoms with van der Waals surface area (Å²) in [5.41, 5.74) is 1.05. The number of allylic oxidation sites excluding steroid dienone is 1. The van der Waals surface area contributed by atoms with E-state index in [2.05, 4.69) is 24.0 Å². The topological polar surface area (TPSA) is 12.9 Å². The van der Waals surface area contributed by atoms with Crippen LogP contribution in [0.1, 0.15) is 31.9 Å². The quantitative estimate of drug-likeness (QED) is 0.615. The summed E-state index contributed by atoms with van der Waals surface area (Å²) in [7, 11) is 1.82. The Kier molecular flexibility index (Phi) is 4.36. The molecule has 0 saturated heterocycles. The van der Waals surface area contributed by atoms with Gasteiger partial charge in [-0.15, -0.1) is 0 Å². The van der Waals surface area contributed by atoms with E-state index in [0.717, 1.165) is 12.1 Å². The summed E-state index contributed by atoms with van der Waals surface area (Å²) in [5.74, 6) is 1.93. The van der Waals surface area contributed by atoms with Crippen molar-refractivity contribution in [2.45, 2.75) is 26.2 Å². The molecular weight excluding hydrogens is 145 g/mol. The third-order valence-electron chi connectivity index (χ3n) is 1.70. The van der Waals surface area contributed by atoms with Gasteiger partial charge in [0.25, 0.3) is 0 Å². The zero-order valence-corrected chi connectivity index (χ0v) is 7.53. The van der Waals surface area contributed by atoms with Gasteiger partial charge in [0.15, 0.2) is 0 Å². The van der Waals surface area contributed by atoms with Crippen LogP contribution in [0.5, 0.6) is 0 Å². The SMILES string of the molecule is CCCCC=Cc1cccbn1. The molecule has 0 spiro atoms. The van der Waals surface area contributed by atoms with E-state index in [4.69, 9.17) is 0 Å². The van der Waals surface area contributed by atoms with Gasteiger partial charge in [-0.1, -0.05) is 0 Å². The monoisotopic (exact) mass is 159 g/mol. The van der Waals surface area contributed by atoms with Crippen molar-refractivity contribution in [1.29, 1.82) is 0 Å². The van der Waals surface area contributed by atoms with Gasteiger partial charge in [0, 0.05) is 0 Å². The molecule has 0 aliphatic rings. The Labute approximate surface area is 74.8 Å². The normalized spacial score (nSPS) is 10.4. The summed E-state index contributed by atoms with van der Waals surface area (Å²) in [6.07, 6.45) is 7.95. The molecule has 1 heterocycles. The molecule has 0 N–H and O–H groups in total. The van der Waals surface area contributed by atoms with Crippen LogP contribution >= 0.6 is 0 Å². The van der Waals surface area contributed by atoms with Gasteiger partial charge in [0.1, 0.15) is 0 Å². The van der Waals surface area contributed by atoms with Gasteiger partial charge in [0.2, 0.25) is 0 Å². The van der Waals surface area contributed by atoms with E-state index in [1.54, 1.807) is 0 Å². The van der Waals surface area contributed by atoms with Crippen molar-refractivity contribution >= 4 is 13.1 Å². The van der Waals surface area contributed by atoms with E-state index in [-0.39, 0.29) is 0 Å². The Bertz CT molecular complexity index is 231. The van der Waals surface area contributed by atoms with E-state index < -0.39 is 0 Å². The number of hydrogen-bond acceptors (Lipinski definition) is 1. The molecule has 12 heavy (non-hydrogen) atoms. The third-order valence-corrected chi connectivity index (χ3v) is 1.70. The van der Waals surface area contributed by atoms with Crippen LogP contribution in [0.3, 0.4) is 0 Å². The molecule has 0 unspecified atom stereocenters. The molecule has 1 aromatic rings. The molecule has 0 aliphatic heterocycles. The van der Waals surface area contributed by atoms with Crippen LogP contribution in [0.15, 0.2) is 24.2 Å². The Balaban J connectivity index is 2.36. The van der Waals surface area contributed by atoms with Gasteiger partial charge in [-0.3, -0.25) is 0 Å². The summed E-state index contributed by atoms with van der Waals surface area (Å²) in [5, 5.41) is 0. The minimum absolute atomic E-state index is 1.05. The van der Waals surface area contributed by atoms with Crippen LogP contribution < -0.4 is 0 Å². The fourth-order valence-corrected chi connectivity index (χ4v) is 1.00. The van der Waals surface area contributed by atoms with Gasteiger partial charge in [-0.25, -0.2) is 0 Å². The minimum atomic E-state index is 1.05. The first kappa shape index (κ1) is 9.18. The fourth-order valence-electron chi connectivity index (χ4n) is 1.00. The van der Waals surface area contributed by atoms with Crippen molar-refractivity contribution in [2.75, 3.05) is 0 Å². The number of unbranched alkanes of at least 4 members (excludes halogenated alkanes) is 2. The predicted octanol–water partition coefficient (Wildman–Crippen LogP) is 2.62. The standard InChI is InChI=1S/C10H14BN/c1-2-3-4-5-7-10-8-6-9-11-12-10/h5-9H,2-4H2,1H3.